The molecule has 1 heterocycles. The first-order valence-electron chi connectivity index (χ1n) is 5.30. The molecule has 1 aromatic rings. The van der Waals surface area contributed by atoms with Crippen LogP contribution in [-0.4, -0.2) is 47.5 Å². The normalized spacial score (nSPS) is 9.50. The number of methoxy groups -OCH3 is 2. The molecule has 0 saturated heterocycles. The summed E-state index contributed by atoms with van der Waals surface area (Å²) in [5, 5.41) is 4.42. The van der Waals surface area contributed by atoms with Crippen molar-refractivity contribution in [3.05, 3.63) is 6.07 Å². The molecule has 4 N–H and O–H groups in total. The first-order valence-corrected chi connectivity index (χ1v) is 5.71. The number of carbonyl (C=O) groups excluding carboxylic acids is 2. The SMILES string of the molecule is COc1cc(OC)nc(NC(=O)C(=O)NCC(N)=S)n1. The number of nitrogens with zero attached hydrogens (tertiary/aromatic N) is 2. The Morgan fingerprint density at radius 1 is 1.25 bits per heavy atom. The van der Waals surface area contributed by atoms with Crippen LogP contribution in [0.2, 0.25) is 0 Å². The van der Waals surface area contributed by atoms with Crippen LogP contribution in [0.4, 0.5) is 5.95 Å². The van der Waals surface area contributed by atoms with Crippen molar-refractivity contribution in [2.75, 3.05) is 26.1 Å². The van der Waals surface area contributed by atoms with Gasteiger partial charge in [0.25, 0.3) is 0 Å². The maximum absolute atomic E-state index is 11.6. The molecule has 0 aliphatic rings. The lowest BCUT2D eigenvalue weighted by Crippen LogP contribution is -2.39. The molecule has 1 aromatic heterocycles. The number of amides is 2. The third-order valence-electron chi connectivity index (χ3n) is 1.95. The number of rotatable bonds is 5. The number of aromatic nitrogens is 2. The Bertz CT molecular complexity index is 514. The second-order valence-electron chi connectivity index (χ2n) is 3.38. The van der Waals surface area contributed by atoms with E-state index in [0.717, 1.165) is 0 Å². The number of hydrogen-bond acceptors (Lipinski definition) is 7. The number of nitrogens with two attached hydrogens (primary N) is 1. The maximum Gasteiger partial charge on any atom is 0.316 e. The molecule has 0 unspecified atom stereocenters. The van der Waals surface area contributed by atoms with Gasteiger partial charge in [0, 0.05) is 0 Å². The molecule has 0 bridgehead atoms. The van der Waals surface area contributed by atoms with Crippen LogP contribution >= 0.6 is 12.2 Å². The first kappa shape index (κ1) is 15.6. The zero-order valence-corrected chi connectivity index (χ0v) is 11.6. The molecule has 0 spiro atoms. The minimum absolute atomic E-state index is 0.0606. The van der Waals surface area contributed by atoms with Crippen molar-refractivity contribution < 1.29 is 19.1 Å². The number of hydrogen-bond donors (Lipinski definition) is 3. The van der Waals surface area contributed by atoms with Gasteiger partial charge in [0.05, 0.1) is 31.8 Å². The van der Waals surface area contributed by atoms with Crippen molar-refractivity contribution in [3.63, 3.8) is 0 Å². The van der Waals surface area contributed by atoms with Gasteiger partial charge >= 0.3 is 11.8 Å². The lowest BCUT2D eigenvalue weighted by atomic mass is 10.5. The van der Waals surface area contributed by atoms with Gasteiger partial charge in [-0.25, -0.2) is 0 Å². The van der Waals surface area contributed by atoms with Crippen LogP contribution in [0.1, 0.15) is 0 Å². The number of carbonyl (C=O) groups is 2. The van der Waals surface area contributed by atoms with Crippen LogP contribution in [-0.2, 0) is 9.59 Å². The van der Waals surface area contributed by atoms with Crippen LogP contribution in [0.5, 0.6) is 11.8 Å². The van der Waals surface area contributed by atoms with Crippen molar-refractivity contribution in [3.8, 4) is 11.8 Å². The van der Waals surface area contributed by atoms with Crippen molar-refractivity contribution in [2.24, 2.45) is 5.73 Å². The predicted molar refractivity (Wildman–Crippen MR) is 73.6 cm³/mol. The summed E-state index contributed by atoms with van der Waals surface area (Å²) in [5.41, 5.74) is 5.20. The van der Waals surface area contributed by atoms with Crippen LogP contribution < -0.4 is 25.8 Å². The fourth-order valence-corrected chi connectivity index (χ4v) is 1.15. The van der Waals surface area contributed by atoms with E-state index in [1.807, 2.05) is 0 Å². The second kappa shape index (κ2) is 7.19. The Morgan fingerprint density at radius 3 is 2.25 bits per heavy atom. The van der Waals surface area contributed by atoms with Crippen molar-refractivity contribution in [2.45, 2.75) is 0 Å². The highest BCUT2D eigenvalue weighted by molar-refractivity contribution is 7.80. The van der Waals surface area contributed by atoms with E-state index < -0.39 is 11.8 Å². The van der Waals surface area contributed by atoms with E-state index >= 15 is 0 Å². The number of ether oxygens (including phenoxy) is 2. The predicted octanol–water partition coefficient (Wildman–Crippen LogP) is -1.17. The van der Waals surface area contributed by atoms with Crippen LogP contribution in [0.3, 0.4) is 0 Å². The van der Waals surface area contributed by atoms with Crippen molar-refractivity contribution in [1.29, 1.82) is 0 Å². The third-order valence-corrected chi connectivity index (χ3v) is 2.10. The van der Waals surface area contributed by atoms with Gasteiger partial charge in [-0.15, -0.1) is 0 Å². The molecule has 1 rings (SSSR count). The molecule has 0 aliphatic carbocycles. The van der Waals surface area contributed by atoms with E-state index in [4.69, 9.17) is 15.2 Å². The van der Waals surface area contributed by atoms with E-state index in [2.05, 4.69) is 32.8 Å². The highest BCUT2D eigenvalue weighted by Crippen LogP contribution is 2.16. The van der Waals surface area contributed by atoms with Gasteiger partial charge in [0.2, 0.25) is 17.7 Å². The molecule has 0 fully saturated rings. The third kappa shape index (κ3) is 4.65. The minimum atomic E-state index is -0.962. The van der Waals surface area contributed by atoms with E-state index in [9.17, 15) is 9.59 Å². The zero-order chi connectivity index (χ0) is 15.1. The smallest absolute Gasteiger partial charge is 0.316 e. The highest BCUT2D eigenvalue weighted by Gasteiger charge is 2.16. The average molecular weight is 299 g/mol. The standard InChI is InChI=1S/C10H13N5O4S/c1-18-6-3-7(19-2)14-10(13-6)15-9(17)8(16)12-4-5(11)20/h3H,4H2,1-2H3,(H2,11,20)(H,12,16)(H,13,14,15,17). The van der Waals surface area contributed by atoms with Gasteiger partial charge in [-0.1, -0.05) is 12.2 Å². The highest BCUT2D eigenvalue weighted by atomic mass is 32.1. The Balaban J connectivity index is 2.74. The van der Waals surface area contributed by atoms with E-state index in [1.165, 1.54) is 20.3 Å². The van der Waals surface area contributed by atoms with Gasteiger partial charge in [-0.2, -0.15) is 9.97 Å². The lowest BCUT2D eigenvalue weighted by molar-refractivity contribution is -0.136. The minimum Gasteiger partial charge on any atom is -0.481 e. The molecule has 10 heteroatoms. The molecular formula is C10H13N5O4S. The molecule has 0 atom stereocenters. The maximum atomic E-state index is 11.6. The molecule has 0 saturated carbocycles. The summed E-state index contributed by atoms with van der Waals surface area (Å²) in [5.74, 6) is -1.65. The first-order chi connectivity index (χ1) is 9.46. The Labute approximate surface area is 119 Å². The molecular weight excluding hydrogens is 286 g/mol. The van der Waals surface area contributed by atoms with E-state index in [0.29, 0.717) is 0 Å². The van der Waals surface area contributed by atoms with Crippen LogP contribution in [0, 0.1) is 0 Å². The van der Waals surface area contributed by atoms with Gasteiger partial charge in [0.1, 0.15) is 0 Å². The van der Waals surface area contributed by atoms with Gasteiger partial charge in [0.15, 0.2) is 0 Å². The fraction of sp³-hybridized carbons (Fsp3) is 0.300. The van der Waals surface area contributed by atoms with Gasteiger partial charge in [-0.3, -0.25) is 14.9 Å². The summed E-state index contributed by atoms with van der Waals surface area (Å²) in [4.78, 5) is 30.7. The number of anilines is 1. The lowest BCUT2D eigenvalue weighted by Gasteiger charge is -2.07. The van der Waals surface area contributed by atoms with E-state index in [-0.39, 0.29) is 29.2 Å². The fourth-order valence-electron chi connectivity index (χ4n) is 1.07. The zero-order valence-electron chi connectivity index (χ0n) is 10.8. The molecule has 20 heavy (non-hydrogen) atoms. The molecule has 9 nitrogen and oxygen atoms in total. The summed E-state index contributed by atoms with van der Waals surface area (Å²) < 4.78 is 9.80. The summed E-state index contributed by atoms with van der Waals surface area (Å²) in [7, 11) is 2.78. The number of thiocarbonyl (C=S) groups is 1. The summed E-state index contributed by atoms with van der Waals surface area (Å²) in [6.07, 6.45) is 0. The van der Waals surface area contributed by atoms with E-state index in [1.54, 1.807) is 0 Å². The van der Waals surface area contributed by atoms with Crippen LogP contribution in [0.25, 0.3) is 0 Å². The molecule has 108 valence electrons. The van der Waals surface area contributed by atoms with Gasteiger partial charge < -0.3 is 20.5 Å². The number of nitrogens with one attached hydrogen (secondary N) is 2. The Kier molecular flexibility index (Phi) is 5.59. The Hall–Kier alpha value is -2.49. The Morgan fingerprint density at radius 2 is 1.80 bits per heavy atom. The molecule has 0 aromatic carbocycles. The summed E-state index contributed by atoms with van der Waals surface area (Å²) in [6, 6.07) is 1.42. The molecule has 0 radical (unpaired) electrons. The largest absolute Gasteiger partial charge is 0.481 e. The van der Waals surface area contributed by atoms with Gasteiger partial charge in [-0.05, 0) is 0 Å². The molecule has 0 aliphatic heterocycles. The second-order valence-corrected chi connectivity index (χ2v) is 3.90. The van der Waals surface area contributed by atoms with Crippen molar-refractivity contribution >= 4 is 35.0 Å². The molecule has 2 amide bonds. The van der Waals surface area contributed by atoms with Crippen LogP contribution in [0.15, 0.2) is 6.07 Å². The van der Waals surface area contributed by atoms with Crippen molar-refractivity contribution in [1.82, 2.24) is 15.3 Å². The summed E-state index contributed by atoms with van der Waals surface area (Å²) in [6.45, 7) is -0.0795. The topological polar surface area (TPSA) is 128 Å². The average Bonchev–Trinajstić information content (AvgIpc) is 2.43. The monoisotopic (exact) mass is 299 g/mol. The quantitative estimate of drug-likeness (QED) is 0.458. The summed E-state index contributed by atoms with van der Waals surface area (Å²) >= 11 is 4.57.